The van der Waals surface area contributed by atoms with Crippen LogP contribution in [0.3, 0.4) is 0 Å². The molecule has 0 saturated heterocycles. The molecule has 17 heavy (non-hydrogen) atoms. The van der Waals surface area contributed by atoms with Crippen LogP contribution in [0.2, 0.25) is 0 Å². The zero-order chi connectivity index (χ0) is 12.0. The van der Waals surface area contributed by atoms with Crippen LogP contribution in [0.4, 0.5) is 0 Å². The third-order valence-corrected chi connectivity index (χ3v) is 3.77. The van der Waals surface area contributed by atoms with E-state index >= 15 is 0 Å². The minimum Gasteiger partial charge on any atom is -0.258 e. The molecule has 2 rings (SSSR count). The van der Waals surface area contributed by atoms with Gasteiger partial charge in [-0.1, -0.05) is 0 Å². The molecule has 0 aromatic carbocycles. The Labute approximate surface area is 120 Å². The van der Waals surface area contributed by atoms with Gasteiger partial charge >= 0.3 is 0 Å². The minimum atomic E-state index is -0.870. The first kappa shape index (κ1) is 17.7. The summed E-state index contributed by atoms with van der Waals surface area (Å²) in [7, 11) is -0.870. The molecule has 3 heteroatoms. The molecule has 0 amide bonds. The van der Waals surface area contributed by atoms with Gasteiger partial charge in [-0.15, -0.1) is 0 Å². The summed E-state index contributed by atoms with van der Waals surface area (Å²) < 4.78 is 11.5. The summed E-state index contributed by atoms with van der Waals surface area (Å²) >= 11 is 0. The van der Waals surface area contributed by atoms with Crippen molar-refractivity contribution < 1.29 is 21.3 Å². The van der Waals surface area contributed by atoms with E-state index in [0.29, 0.717) is 0 Å². The van der Waals surface area contributed by atoms with E-state index in [0.717, 1.165) is 5.25 Å². The van der Waals surface area contributed by atoms with E-state index in [2.05, 4.69) is 0 Å². The number of hydrogen-bond donors (Lipinski definition) is 0. The molecule has 0 bridgehead atoms. The summed E-state index contributed by atoms with van der Waals surface area (Å²) in [5, 5.41) is 0.928. The van der Waals surface area contributed by atoms with E-state index in [4.69, 9.17) is 0 Å². The van der Waals surface area contributed by atoms with Gasteiger partial charge in [-0.3, -0.25) is 4.21 Å². The van der Waals surface area contributed by atoms with E-state index < -0.39 is 10.8 Å². The molecular formula is C14H18FeOS. The summed E-state index contributed by atoms with van der Waals surface area (Å²) in [5.74, 6) is 0. The maximum absolute atomic E-state index is 11.6. The monoisotopic (exact) mass is 290 g/mol. The van der Waals surface area contributed by atoms with Gasteiger partial charge < -0.3 is 0 Å². The van der Waals surface area contributed by atoms with Gasteiger partial charge in [0, 0.05) is 32.6 Å². The second-order valence-corrected chi connectivity index (χ2v) is 6.70. The van der Waals surface area contributed by atoms with Crippen LogP contribution in [0.25, 0.3) is 0 Å². The van der Waals surface area contributed by atoms with Crippen molar-refractivity contribution in [3.63, 3.8) is 0 Å². The van der Waals surface area contributed by atoms with Gasteiger partial charge in [0.2, 0.25) is 0 Å². The fourth-order valence-corrected chi connectivity index (χ4v) is 2.27. The first-order valence-electron chi connectivity index (χ1n) is 5.32. The van der Waals surface area contributed by atoms with Crippen molar-refractivity contribution in [1.29, 1.82) is 0 Å². The largest absolute Gasteiger partial charge is 0.258 e. The molecule has 0 aliphatic heterocycles. The number of rotatable bonds is 1. The van der Waals surface area contributed by atoms with Crippen LogP contribution in [0.1, 0.15) is 20.8 Å². The Morgan fingerprint density at radius 2 is 1.18 bits per heavy atom. The van der Waals surface area contributed by atoms with Crippen LogP contribution in [0.5, 0.6) is 0 Å². The molecule has 2 saturated carbocycles. The van der Waals surface area contributed by atoms with Gasteiger partial charge in [0.15, 0.2) is 0 Å². The van der Waals surface area contributed by atoms with Crippen LogP contribution < -0.4 is 0 Å². The fourth-order valence-electron chi connectivity index (χ4n) is 1.15. The van der Waals surface area contributed by atoms with Gasteiger partial charge in [-0.25, -0.2) is 0 Å². The van der Waals surface area contributed by atoms with Crippen LogP contribution >= 0.6 is 0 Å². The standard InChI is InChI=1S/C9H13OS.C5H5.Fe/c1-9(2,3)11(10)8-6-4-5-7-8;1-2-4-5-3-1;/h4-7H,1-3H3;1-5H;/t11-;;/m0../s1. The molecule has 0 unspecified atom stereocenters. The molecule has 0 N–H and O–H groups in total. The van der Waals surface area contributed by atoms with Crippen molar-refractivity contribution in [1.82, 2.24) is 0 Å². The molecule has 10 radical (unpaired) electrons. The molecule has 0 aromatic heterocycles. The fraction of sp³-hybridized carbons (Fsp3) is 0.286. The molecule has 2 aliphatic carbocycles. The Balaban J connectivity index is 0.000000360. The third kappa shape index (κ3) is 6.98. The summed E-state index contributed by atoms with van der Waals surface area (Å²) in [6, 6.07) is 0. The average Bonchev–Trinajstić information content (AvgIpc) is 2.91. The molecular weight excluding hydrogens is 272 g/mol. The van der Waals surface area contributed by atoms with Crippen molar-refractivity contribution in [3.05, 3.63) is 63.0 Å². The predicted octanol–water partition coefficient (Wildman–Crippen LogP) is 2.92. The van der Waals surface area contributed by atoms with E-state index in [-0.39, 0.29) is 21.8 Å². The van der Waals surface area contributed by atoms with Crippen molar-refractivity contribution >= 4 is 10.8 Å². The molecule has 94 valence electrons. The zero-order valence-corrected chi connectivity index (χ0v) is 12.3. The molecule has 2 aliphatic rings. The van der Waals surface area contributed by atoms with Crippen LogP contribution in [-0.4, -0.2) is 8.96 Å². The zero-order valence-electron chi connectivity index (χ0n) is 10.4. The van der Waals surface area contributed by atoms with E-state index in [1.165, 1.54) is 0 Å². The first-order valence-corrected chi connectivity index (χ1v) is 6.47. The van der Waals surface area contributed by atoms with E-state index in [1.54, 1.807) is 0 Å². The van der Waals surface area contributed by atoms with E-state index in [1.807, 2.05) is 78.6 Å². The summed E-state index contributed by atoms with van der Waals surface area (Å²) in [6.07, 6.45) is 17.6. The Bertz CT molecular complexity index is 205. The van der Waals surface area contributed by atoms with Gasteiger partial charge in [0.1, 0.15) is 0 Å². The average molecular weight is 290 g/mol. The third-order valence-electron chi connectivity index (χ3n) is 1.96. The molecule has 1 atom stereocenters. The SMILES string of the molecule is CC(C)(C)[S@@](=O)[C]1[CH][CH][CH][CH]1.[CH]1[CH][CH][CH][CH]1.[Fe]. The predicted molar refractivity (Wildman–Crippen MR) is 69.8 cm³/mol. The Morgan fingerprint density at radius 1 is 0.824 bits per heavy atom. The van der Waals surface area contributed by atoms with Crippen LogP contribution in [-0.2, 0) is 27.9 Å². The quantitative estimate of drug-likeness (QED) is 0.679. The number of hydrogen-bond acceptors (Lipinski definition) is 1. The molecule has 0 spiro atoms. The molecule has 0 heterocycles. The maximum atomic E-state index is 11.6. The van der Waals surface area contributed by atoms with Crippen molar-refractivity contribution in [2.75, 3.05) is 0 Å². The van der Waals surface area contributed by atoms with Crippen LogP contribution in [0.15, 0.2) is 0 Å². The Morgan fingerprint density at radius 3 is 1.47 bits per heavy atom. The van der Waals surface area contributed by atoms with Gasteiger partial charge in [0.25, 0.3) is 0 Å². The van der Waals surface area contributed by atoms with Gasteiger partial charge in [0.05, 0.1) is 5.25 Å². The van der Waals surface area contributed by atoms with Crippen molar-refractivity contribution in [2.24, 2.45) is 0 Å². The first-order chi connectivity index (χ1) is 7.52. The summed E-state index contributed by atoms with van der Waals surface area (Å²) in [6.45, 7) is 5.95. The van der Waals surface area contributed by atoms with E-state index in [9.17, 15) is 4.21 Å². The van der Waals surface area contributed by atoms with Gasteiger partial charge in [-0.05, 0) is 78.6 Å². The summed E-state index contributed by atoms with van der Waals surface area (Å²) in [4.78, 5) is 0. The molecule has 0 aromatic rings. The Kier molecular flexibility index (Phi) is 9.06. The maximum Gasteiger partial charge on any atom is 0.0709 e. The minimum absolute atomic E-state index is 0. The Hall–Kier alpha value is 0.669. The normalized spacial score (nSPS) is 22.5. The topological polar surface area (TPSA) is 17.1 Å². The van der Waals surface area contributed by atoms with Crippen molar-refractivity contribution in [3.8, 4) is 0 Å². The second-order valence-electron chi connectivity index (χ2n) is 4.46. The van der Waals surface area contributed by atoms with Crippen LogP contribution in [0, 0.1) is 63.0 Å². The molecule has 1 nitrogen and oxygen atoms in total. The molecule has 2 fully saturated rings. The van der Waals surface area contributed by atoms with Crippen molar-refractivity contribution in [2.45, 2.75) is 25.5 Å². The van der Waals surface area contributed by atoms with Gasteiger partial charge in [-0.2, -0.15) is 0 Å². The summed E-state index contributed by atoms with van der Waals surface area (Å²) in [5.41, 5.74) is 0. The second kappa shape index (κ2) is 8.72. The smallest absolute Gasteiger partial charge is 0.0709 e.